The maximum atomic E-state index is 9.09. The number of nitrogens with zero attached hydrogens (tertiary/aromatic N) is 2. The quantitative estimate of drug-likeness (QED) is 0.857. The zero-order valence-corrected chi connectivity index (χ0v) is 9.29. The van der Waals surface area contributed by atoms with Crippen LogP contribution in [-0.4, -0.2) is 28.2 Å². The summed E-state index contributed by atoms with van der Waals surface area (Å²) >= 11 is 3.27. The van der Waals surface area contributed by atoms with E-state index in [1.54, 1.807) is 12.4 Å². The molecule has 14 heavy (non-hydrogen) atoms. The maximum Gasteiger partial charge on any atom is 0.222 e. The Labute approximate surface area is 90.9 Å². The van der Waals surface area contributed by atoms with E-state index in [0.717, 1.165) is 23.9 Å². The van der Waals surface area contributed by atoms with Gasteiger partial charge in [-0.1, -0.05) is 0 Å². The summed E-state index contributed by atoms with van der Waals surface area (Å²) in [7, 11) is 0. The average Bonchev–Trinajstić information content (AvgIpc) is 2.98. The van der Waals surface area contributed by atoms with Crippen LogP contribution in [-0.2, 0) is 0 Å². The molecule has 0 spiro atoms. The molecule has 0 radical (unpaired) electrons. The van der Waals surface area contributed by atoms with Gasteiger partial charge in [-0.2, -0.15) is 0 Å². The van der Waals surface area contributed by atoms with Crippen molar-refractivity contribution in [3.05, 3.63) is 16.9 Å². The number of aromatic nitrogens is 2. The van der Waals surface area contributed by atoms with Crippen LogP contribution in [0.4, 0.5) is 5.95 Å². The maximum absolute atomic E-state index is 9.09. The van der Waals surface area contributed by atoms with E-state index in [2.05, 4.69) is 31.2 Å². The first-order chi connectivity index (χ1) is 6.74. The van der Waals surface area contributed by atoms with Gasteiger partial charge in [0.15, 0.2) is 0 Å². The minimum absolute atomic E-state index is 0.0937. The smallest absolute Gasteiger partial charge is 0.222 e. The van der Waals surface area contributed by atoms with Gasteiger partial charge in [-0.25, -0.2) is 9.97 Å². The van der Waals surface area contributed by atoms with Crippen molar-refractivity contribution in [3.8, 4) is 0 Å². The topological polar surface area (TPSA) is 58.0 Å². The Morgan fingerprint density at radius 3 is 2.57 bits per heavy atom. The van der Waals surface area contributed by atoms with Crippen LogP contribution >= 0.6 is 15.9 Å². The van der Waals surface area contributed by atoms with Crippen LogP contribution in [0.15, 0.2) is 16.9 Å². The lowest BCUT2D eigenvalue weighted by Gasteiger charge is -2.11. The third kappa shape index (κ3) is 2.22. The Hall–Kier alpha value is -0.680. The monoisotopic (exact) mass is 257 g/mol. The lowest BCUT2D eigenvalue weighted by atomic mass is 10.1. The number of rotatable bonds is 4. The van der Waals surface area contributed by atoms with Crippen molar-refractivity contribution in [2.75, 3.05) is 18.5 Å². The summed E-state index contributed by atoms with van der Waals surface area (Å²) in [6, 6.07) is 0. The summed E-state index contributed by atoms with van der Waals surface area (Å²) < 4.78 is 0.867. The molecule has 5 heteroatoms. The van der Waals surface area contributed by atoms with Crippen molar-refractivity contribution in [1.82, 2.24) is 9.97 Å². The van der Waals surface area contributed by atoms with E-state index >= 15 is 0 Å². The first kappa shape index (κ1) is 9.86. The fraction of sp³-hybridized carbons (Fsp3) is 0.556. The first-order valence-electron chi connectivity index (χ1n) is 4.56. The molecule has 4 nitrogen and oxygen atoms in total. The highest BCUT2D eigenvalue weighted by atomic mass is 79.9. The predicted molar refractivity (Wildman–Crippen MR) is 57.0 cm³/mol. The van der Waals surface area contributed by atoms with Gasteiger partial charge >= 0.3 is 0 Å². The van der Waals surface area contributed by atoms with Gasteiger partial charge in [0.05, 0.1) is 11.1 Å². The normalized spacial score (nSPS) is 17.9. The minimum Gasteiger partial charge on any atom is -0.396 e. The Balaban J connectivity index is 1.89. The molecule has 0 atom stereocenters. The summed E-state index contributed by atoms with van der Waals surface area (Å²) in [6.07, 6.45) is 5.59. The molecular formula is C9H12BrN3O. The lowest BCUT2D eigenvalue weighted by Crippen LogP contribution is -2.20. The number of aliphatic hydroxyl groups is 1. The molecule has 0 saturated heterocycles. The van der Waals surface area contributed by atoms with Gasteiger partial charge in [-0.05, 0) is 28.8 Å². The molecular weight excluding hydrogens is 246 g/mol. The number of halogens is 1. The van der Waals surface area contributed by atoms with Gasteiger partial charge in [0.2, 0.25) is 5.95 Å². The van der Waals surface area contributed by atoms with E-state index in [9.17, 15) is 0 Å². The Kier molecular flexibility index (Phi) is 2.69. The molecule has 1 saturated carbocycles. The Morgan fingerprint density at radius 2 is 2.07 bits per heavy atom. The standard InChI is InChI=1S/C9H12BrN3O/c10-7-3-11-8(12-4-7)13-5-9(6-14)1-2-9/h3-4,14H,1-2,5-6H2,(H,11,12,13). The highest BCUT2D eigenvalue weighted by Gasteiger charge is 2.41. The van der Waals surface area contributed by atoms with Crippen LogP contribution in [0.5, 0.6) is 0 Å². The molecule has 1 aliphatic carbocycles. The van der Waals surface area contributed by atoms with Gasteiger partial charge in [-0.3, -0.25) is 0 Å². The third-order valence-electron chi connectivity index (χ3n) is 2.53. The van der Waals surface area contributed by atoms with Gasteiger partial charge < -0.3 is 10.4 Å². The highest BCUT2D eigenvalue weighted by molar-refractivity contribution is 9.10. The Bertz CT molecular complexity index is 310. The van der Waals surface area contributed by atoms with E-state index < -0.39 is 0 Å². The van der Waals surface area contributed by atoms with E-state index in [-0.39, 0.29) is 12.0 Å². The fourth-order valence-corrected chi connectivity index (χ4v) is 1.44. The van der Waals surface area contributed by atoms with Crippen LogP contribution in [0.3, 0.4) is 0 Å². The van der Waals surface area contributed by atoms with Crippen molar-refractivity contribution in [3.63, 3.8) is 0 Å². The summed E-state index contributed by atoms with van der Waals surface area (Å²) in [6.45, 7) is 1.00. The van der Waals surface area contributed by atoms with E-state index in [4.69, 9.17) is 5.11 Å². The van der Waals surface area contributed by atoms with Crippen molar-refractivity contribution < 1.29 is 5.11 Å². The number of anilines is 1. The molecule has 0 unspecified atom stereocenters. The number of hydrogen-bond donors (Lipinski definition) is 2. The molecule has 0 amide bonds. The van der Waals surface area contributed by atoms with Gasteiger partial charge in [0, 0.05) is 24.4 Å². The number of hydrogen-bond acceptors (Lipinski definition) is 4. The lowest BCUT2D eigenvalue weighted by molar-refractivity contribution is 0.219. The van der Waals surface area contributed by atoms with Gasteiger partial charge in [-0.15, -0.1) is 0 Å². The fourth-order valence-electron chi connectivity index (χ4n) is 1.24. The molecule has 2 rings (SSSR count). The highest BCUT2D eigenvalue weighted by Crippen LogP contribution is 2.44. The van der Waals surface area contributed by atoms with Crippen molar-refractivity contribution >= 4 is 21.9 Å². The first-order valence-corrected chi connectivity index (χ1v) is 5.36. The van der Waals surface area contributed by atoms with Crippen LogP contribution in [0.25, 0.3) is 0 Å². The Morgan fingerprint density at radius 1 is 1.43 bits per heavy atom. The third-order valence-corrected chi connectivity index (χ3v) is 2.94. The van der Waals surface area contributed by atoms with Crippen LogP contribution in [0.2, 0.25) is 0 Å². The van der Waals surface area contributed by atoms with E-state index in [1.165, 1.54) is 0 Å². The molecule has 0 aliphatic heterocycles. The molecule has 0 bridgehead atoms. The molecule has 1 aromatic rings. The molecule has 1 heterocycles. The van der Waals surface area contributed by atoms with Gasteiger partial charge in [0.1, 0.15) is 0 Å². The average molecular weight is 258 g/mol. The molecule has 2 N–H and O–H groups in total. The zero-order valence-electron chi connectivity index (χ0n) is 7.70. The molecule has 1 aromatic heterocycles. The summed E-state index contributed by atoms with van der Waals surface area (Å²) in [4.78, 5) is 8.19. The van der Waals surface area contributed by atoms with Crippen LogP contribution in [0.1, 0.15) is 12.8 Å². The molecule has 1 fully saturated rings. The van der Waals surface area contributed by atoms with Crippen molar-refractivity contribution in [1.29, 1.82) is 0 Å². The molecule has 1 aliphatic rings. The molecule has 0 aromatic carbocycles. The zero-order chi connectivity index (χ0) is 10.0. The summed E-state index contributed by atoms with van der Waals surface area (Å²) in [5.74, 6) is 0.618. The number of nitrogens with one attached hydrogen (secondary N) is 1. The predicted octanol–water partition coefficient (Wildman–Crippen LogP) is 1.42. The minimum atomic E-state index is 0.0937. The van der Waals surface area contributed by atoms with Crippen LogP contribution in [0, 0.1) is 5.41 Å². The molecule has 76 valence electrons. The van der Waals surface area contributed by atoms with E-state index in [1.807, 2.05) is 0 Å². The second kappa shape index (κ2) is 3.82. The number of aliphatic hydroxyl groups excluding tert-OH is 1. The second-order valence-electron chi connectivity index (χ2n) is 3.74. The second-order valence-corrected chi connectivity index (χ2v) is 4.65. The van der Waals surface area contributed by atoms with E-state index in [0.29, 0.717) is 5.95 Å². The van der Waals surface area contributed by atoms with Crippen molar-refractivity contribution in [2.24, 2.45) is 5.41 Å². The van der Waals surface area contributed by atoms with Gasteiger partial charge in [0.25, 0.3) is 0 Å². The summed E-state index contributed by atoms with van der Waals surface area (Å²) in [5, 5.41) is 12.2. The summed E-state index contributed by atoms with van der Waals surface area (Å²) in [5.41, 5.74) is 0.0937. The van der Waals surface area contributed by atoms with Crippen molar-refractivity contribution in [2.45, 2.75) is 12.8 Å². The SMILES string of the molecule is OCC1(CNc2ncc(Br)cn2)CC1. The van der Waals surface area contributed by atoms with Crippen LogP contribution < -0.4 is 5.32 Å². The largest absolute Gasteiger partial charge is 0.396 e.